The Kier molecular flexibility index (Phi) is 5.16. The highest BCUT2D eigenvalue weighted by Crippen LogP contribution is 2.19. The minimum absolute atomic E-state index is 0.0989. The fourth-order valence-electron chi connectivity index (χ4n) is 1.10. The second-order valence-electron chi connectivity index (χ2n) is 3.22. The van der Waals surface area contributed by atoms with Crippen LogP contribution < -0.4 is 17.1 Å². The number of halogens is 1. The molecule has 0 aliphatic rings. The van der Waals surface area contributed by atoms with Crippen LogP contribution in [0.25, 0.3) is 6.08 Å². The second kappa shape index (κ2) is 6.65. The van der Waals surface area contributed by atoms with Gasteiger partial charge in [0, 0.05) is 11.4 Å². The third-order valence-corrected chi connectivity index (χ3v) is 2.27. The molecule has 0 saturated carbocycles. The van der Waals surface area contributed by atoms with E-state index in [1.54, 1.807) is 0 Å². The van der Waals surface area contributed by atoms with E-state index in [2.05, 4.69) is 10.7 Å². The van der Waals surface area contributed by atoms with E-state index in [0.717, 1.165) is 5.56 Å². The Morgan fingerprint density at radius 2 is 2.18 bits per heavy atom. The molecule has 0 aliphatic carbocycles. The Bertz CT molecular complexity index is 427. The Labute approximate surface area is 105 Å². The van der Waals surface area contributed by atoms with Crippen LogP contribution in [0, 0.1) is 0 Å². The van der Waals surface area contributed by atoms with Crippen molar-refractivity contribution >= 4 is 23.6 Å². The Hall–Kier alpha value is -1.88. The van der Waals surface area contributed by atoms with Crippen LogP contribution in [0.2, 0.25) is 5.02 Å². The lowest BCUT2D eigenvalue weighted by atomic mass is 10.2. The summed E-state index contributed by atoms with van der Waals surface area (Å²) in [6.45, 7) is 1.94. The van der Waals surface area contributed by atoms with Crippen molar-refractivity contribution in [3.8, 4) is 0 Å². The third-order valence-electron chi connectivity index (χ3n) is 1.92. The monoisotopic (exact) mass is 254 g/mol. The molecular weight excluding hydrogens is 240 g/mol. The Morgan fingerprint density at radius 1 is 1.47 bits per heavy atom. The SMILES string of the molecule is CC/C(=C\c1ccccc1Cl)ONN=C(N)N. The number of nitrogens with one attached hydrogen (secondary N) is 1. The van der Waals surface area contributed by atoms with Gasteiger partial charge in [-0.2, -0.15) is 0 Å². The van der Waals surface area contributed by atoms with Crippen molar-refractivity contribution in [2.24, 2.45) is 16.6 Å². The van der Waals surface area contributed by atoms with Crippen LogP contribution >= 0.6 is 11.6 Å². The highest BCUT2D eigenvalue weighted by atomic mass is 35.5. The standard InChI is InChI=1S/C11H15ClN4O/c1-2-9(17-16-15-11(13)14)7-8-5-3-4-6-10(8)12/h3-7,16H,2H2,1H3,(H4,13,14,15)/b9-7+. The van der Waals surface area contributed by atoms with Crippen molar-refractivity contribution in [3.63, 3.8) is 0 Å². The highest BCUT2D eigenvalue weighted by molar-refractivity contribution is 6.32. The molecule has 0 heterocycles. The molecule has 0 atom stereocenters. The molecule has 0 radical (unpaired) electrons. The number of benzene rings is 1. The minimum Gasteiger partial charge on any atom is -0.370 e. The van der Waals surface area contributed by atoms with E-state index in [4.69, 9.17) is 27.9 Å². The summed E-state index contributed by atoms with van der Waals surface area (Å²) in [5, 5.41) is 4.16. The summed E-state index contributed by atoms with van der Waals surface area (Å²) in [6, 6.07) is 7.46. The van der Waals surface area contributed by atoms with E-state index in [1.165, 1.54) is 0 Å². The molecule has 0 aromatic heterocycles. The molecule has 5 N–H and O–H groups in total. The van der Waals surface area contributed by atoms with Crippen LogP contribution in [0.5, 0.6) is 0 Å². The lowest BCUT2D eigenvalue weighted by Crippen LogP contribution is -2.26. The van der Waals surface area contributed by atoms with Crippen LogP contribution in [0.4, 0.5) is 0 Å². The average Bonchev–Trinajstić information content (AvgIpc) is 2.30. The van der Waals surface area contributed by atoms with Gasteiger partial charge in [0.05, 0.1) is 0 Å². The van der Waals surface area contributed by atoms with E-state index >= 15 is 0 Å². The quantitative estimate of drug-likeness (QED) is 0.324. The molecule has 17 heavy (non-hydrogen) atoms. The molecule has 0 fully saturated rings. The maximum atomic E-state index is 6.02. The van der Waals surface area contributed by atoms with E-state index in [-0.39, 0.29) is 5.96 Å². The zero-order valence-corrected chi connectivity index (χ0v) is 10.2. The predicted octanol–water partition coefficient (Wildman–Crippen LogP) is 1.80. The van der Waals surface area contributed by atoms with Crippen LogP contribution in [-0.4, -0.2) is 5.96 Å². The smallest absolute Gasteiger partial charge is 0.211 e. The number of hydrogen-bond acceptors (Lipinski definition) is 3. The van der Waals surface area contributed by atoms with Crippen molar-refractivity contribution in [1.82, 2.24) is 5.59 Å². The summed E-state index contributed by atoms with van der Waals surface area (Å²) in [5.41, 5.74) is 13.5. The van der Waals surface area contributed by atoms with Crippen molar-refractivity contribution in [3.05, 3.63) is 40.6 Å². The van der Waals surface area contributed by atoms with Crippen LogP contribution in [0.3, 0.4) is 0 Å². The molecule has 6 heteroatoms. The summed E-state index contributed by atoms with van der Waals surface area (Å²) in [6.07, 6.45) is 2.50. The van der Waals surface area contributed by atoms with Crippen molar-refractivity contribution in [2.45, 2.75) is 13.3 Å². The molecule has 1 aromatic rings. The first-order chi connectivity index (χ1) is 8.13. The molecule has 0 unspecified atom stereocenters. The second-order valence-corrected chi connectivity index (χ2v) is 3.62. The van der Waals surface area contributed by atoms with Gasteiger partial charge < -0.3 is 16.3 Å². The molecule has 0 aliphatic heterocycles. The van der Waals surface area contributed by atoms with Gasteiger partial charge in [-0.05, 0) is 17.7 Å². The predicted molar refractivity (Wildman–Crippen MR) is 69.8 cm³/mol. The van der Waals surface area contributed by atoms with Gasteiger partial charge in [0.15, 0.2) is 0 Å². The van der Waals surface area contributed by atoms with Gasteiger partial charge in [0.25, 0.3) is 0 Å². The van der Waals surface area contributed by atoms with Gasteiger partial charge in [-0.1, -0.05) is 36.7 Å². The fraction of sp³-hybridized carbons (Fsp3) is 0.182. The van der Waals surface area contributed by atoms with Crippen LogP contribution in [0.15, 0.2) is 35.1 Å². The maximum absolute atomic E-state index is 6.02. The summed E-state index contributed by atoms with van der Waals surface area (Å²) >= 11 is 6.02. The first-order valence-electron chi connectivity index (χ1n) is 5.09. The molecule has 1 aromatic carbocycles. The van der Waals surface area contributed by atoms with E-state index in [0.29, 0.717) is 17.2 Å². The lowest BCUT2D eigenvalue weighted by Gasteiger charge is -2.07. The van der Waals surface area contributed by atoms with Gasteiger partial charge in [-0.3, -0.25) is 0 Å². The van der Waals surface area contributed by atoms with Gasteiger partial charge in [-0.25, -0.2) is 0 Å². The van der Waals surface area contributed by atoms with Gasteiger partial charge in [0.2, 0.25) is 5.96 Å². The number of guanidine groups is 1. The summed E-state index contributed by atoms with van der Waals surface area (Å²) in [7, 11) is 0. The molecule has 1 rings (SSSR count). The molecule has 5 nitrogen and oxygen atoms in total. The molecule has 0 saturated heterocycles. The topological polar surface area (TPSA) is 85.7 Å². The summed E-state index contributed by atoms with van der Waals surface area (Å²) < 4.78 is 0. The largest absolute Gasteiger partial charge is 0.370 e. The zero-order chi connectivity index (χ0) is 12.7. The first kappa shape index (κ1) is 13.2. The van der Waals surface area contributed by atoms with Crippen molar-refractivity contribution < 1.29 is 4.84 Å². The molecule has 0 amide bonds. The van der Waals surface area contributed by atoms with Crippen LogP contribution in [-0.2, 0) is 4.84 Å². The third kappa shape index (κ3) is 4.65. The normalized spacial score (nSPS) is 10.8. The minimum atomic E-state index is -0.0989. The molecule has 0 spiro atoms. The lowest BCUT2D eigenvalue weighted by molar-refractivity contribution is 0.105. The number of hydrogen-bond donors (Lipinski definition) is 3. The Balaban J connectivity index is 2.73. The molecule has 92 valence electrons. The zero-order valence-electron chi connectivity index (χ0n) is 9.48. The summed E-state index contributed by atoms with van der Waals surface area (Å²) in [5.74, 6) is 0.571. The van der Waals surface area contributed by atoms with Gasteiger partial charge in [-0.15, -0.1) is 10.7 Å². The number of nitrogens with two attached hydrogens (primary N) is 2. The Morgan fingerprint density at radius 3 is 2.76 bits per heavy atom. The van der Waals surface area contributed by atoms with E-state index < -0.39 is 0 Å². The van der Waals surface area contributed by atoms with E-state index in [1.807, 2.05) is 37.3 Å². The average molecular weight is 255 g/mol. The van der Waals surface area contributed by atoms with E-state index in [9.17, 15) is 0 Å². The van der Waals surface area contributed by atoms with Crippen molar-refractivity contribution in [2.75, 3.05) is 0 Å². The fourth-order valence-corrected chi connectivity index (χ4v) is 1.29. The van der Waals surface area contributed by atoms with Crippen LogP contribution in [0.1, 0.15) is 18.9 Å². The molecular formula is C11H15ClN4O. The number of allylic oxidation sites excluding steroid dienone is 1. The number of nitrogens with zero attached hydrogens (tertiary/aromatic N) is 1. The first-order valence-corrected chi connectivity index (χ1v) is 5.47. The number of hydrazone groups is 1. The van der Waals surface area contributed by atoms with Gasteiger partial charge in [0.1, 0.15) is 5.76 Å². The maximum Gasteiger partial charge on any atom is 0.211 e. The van der Waals surface area contributed by atoms with Gasteiger partial charge >= 0.3 is 0 Å². The molecule has 0 bridgehead atoms. The number of rotatable bonds is 5. The summed E-state index contributed by atoms with van der Waals surface area (Å²) in [4.78, 5) is 5.17. The highest BCUT2D eigenvalue weighted by Gasteiger charge is 1.99. The van der Waals surface area contributed by atoms with Crippen molar-refractivity contribution in [1.29, 1.82) is 0 Å².